The summed E-state index contributed by atoms with van der Waals surface area (Å²) < 4.78 is 0. The Kier molecular flexibility index (Phi) is 4.73. The second-order valence-electron chi connectivity index (χ2n) is 6.87. The van der Waals surface area contributed by atoms with Crippen LogP contribution in [0, 0.1) is 5.92 Å². The van der Waals surface area contributed by atoms with Crippen molar-refractivity contribution in [2.45, 2.75) is 32.2 Å². The van der Waals surface area contributed by atoms with Gasteiger partial charge in [0.15, 0.2) is 0 Å². The number of thiophene rings is 1. The molecule has 2 aliphatic rings. The first-order valence-electron chi connectivity index (χ1n) is 8.28. The number of carbonyl (C=O) groups is 2. The highest BCUT2D eigenvalue weighted by Gasteiger charge is 2.35. The summed E-state index contributed by atoms with van der Waals surface area (Å²) >= 11 is 1.68. The third-order valence-corrected chi connectivity index (χ3v) is 5.96. The van der Waals surface area contributed by atoms with E-state index in [2.05, 4.69) is 25.9 Å². The van der Waals surface area contributed by atoms with Crippen molar-refractivity contribution in [3.05, 3.63) is 16.3 Å². The normalized spacial score (nSPS) is 25.0. The van der Waals surface area contributed by atoms with Gasteiger partial charge < -0.3 is 14.7 Å². The van der Waals surface area contributed by atoms with Gasteiger partial charge in [0.05, 0.1) is 5.69 Å². The van der Waals surface area contributed by atoms with Crippen LogP contribution in [0.15, 0.2) is 11.4 Å². The second kappa shape index (κ2) is 6.61. The number of rotatable bonds is 3. The molecule has 0 spiro atoms. The van der Waals surface area contributed by atoms with Crippen molar-refractivity contribution >= 4 is 28.8 Å². The summed E-state index contributed by atoms with van der Waals surface area (Å²) in [7, 11) is 4.12. The van der Waals surface area contributed by atoms with Gasteiger partial charge in [-0.05, 0) is 44.3 Å². The molecule has 0 bridgehead atoms. The minimum absolute atomic E-state index is 0.0635. The molecule has 6 heteroatoms. The lowest BCUT2D eigenvalue weighted by molar-refractivity contribution is -0.130. The zero-order valence-electron chi connectivity index (χ0n) is 14.1. The maximum atomic E-state index is 12.7. The van der Waals surface area contributed by atoms with Crippen LogP contribution < -0.4 is 4.90 Å². The third kappa shape index (κ3) is 3.28. The Morgan fingerprint density at radius 1 is 1.35 bits per heavy atom. The molecule has 3 heterocycles. The van der Waals surface area contributed by atoms with Crippen molar-refractivity contribution in [2.24, 2.45) is 5.92 Å². The number of hydrogen-bond acceptors (Lipinski definition) is 4. The van der Waals surface area contributed by atoms with Crippen LogP contribution in [0.25, 0.3) is 0 Å². The van der Waals surface area contributed by atoms with E-state index in [0.29, 0.717) is 18.4 Å². The van der Waals surface area contributed by atoms with Gasteiger partial charge in [0, 0.05) is 30.4 Å². The Labute approximate surface area is 141 Å². The molecule has 126 valence electrons. The number of fused-ring (bicyclic) bond motifs is 1. The molecule has 2 atom stereocenters. The van der Waals surface area contributed by atoms with Crippen LogP contribution in [-0.4, -0.2) is 61.4 Å². The highest BCUT2D eigenvalue weighted by atomic mass is 32.1. The lowest BCUT2D eigenvalue weighted by Crippen LogP contribution is -2.43. The third-order valence-electron chi connectivity index (χ3n) is 4.99. The highest BCUT2D eigenvalue weighted by Crippen LogP contribution is 2.31. The molecular weight excluding hydrogens is 310 g/mol. The molecule has 2 amide bonds. The Morgan fingerprint density at radius 2 is 2.13 bits per heavy atom. The van der Waals surface area contributed by atoms with E-state index in [1.165, 1.54) is 4.88 Å². The average Bonchev–Trinajstić information content (AvgIpc) is 3.08. The van der Waals surface area contributed by atoms with Crippen LogP contribution in [0.5, 0.6) is 0 Å². The summed E-state index contributed by atoms with van der Waals surface area (Å²) in [6.07, 6.45) is 2.35. The van der Waals surface area contributed by atoms with Crippen molar-refractivity contribution in [3.63, 3.8) is 0 Å². The van der Waals surface area contributed by atoms with Gasteiger partial charge in [-0.25, -0.2) is 0 Å². The first kappa shape index (κ1) is 16.5. The molecule has 0 aromatic carbocycles. The summed E-state index contributed by atoms with van der Waals surface area (Å²) in [6, 6.07) is 2.38. The fraction of sp³-hybridized carbons (Fsp3) is 0.647. The summed E-state index contributed by atoms with van der Waals surface area (Å²) in [5, 5.41) is 2.01. The van der Waals surface area contributed by atoms with E-state index in [4.69, 9.17) is 0 Å². The number of nitrogens with zero attached hydrogens (tertiary/aromatic N) is 3. The van der Waals surface area contributed by atoms with E-state index >= 15 is 0 Å². The van der Waals surface area contributed by atoms with Gasteiger partial charge in [0.2, 0.25) is 11.8 Å². The fourth-order valence-corrected chi connectivity index (χ4v) is 4.59. The molecule has 1 fully saturated rings. The number of carbonyl (C=O) groups excluding carboxylic acids is 2. The Morgan fingerprint density at radius 3 is 2.83 bits per heavy atom. The van der Waals surface area contributed by atoms with Crippen molar-refractivity contribution in [3.8, 4) is 0 Å². The van der Waals surface area contributed by atoms with Gasteiger partial charge in [0.25, 0.3) is 0 Å². The van der Waals surface area contributed by atoms with Gasteiger partial charge in [-0.3, -0.25) is 9.59 Å². The second-order valence-corrected chi connectivity index (χ2v) is 7.87. The quantitative estimate of drug-likeness (QED) is 0.846. The van der Waals surface area contributed by atoms with Gasteiger partial charge in [0.1, 0.15) is 6.54 Å². The number of aryl methyl sites for hydroxylation is 1. The van der Waals surface area contributed by atoms with Crippen LogP contribution in [0.1, 0.15) is 24.6 Å². The van der Waals surface area contributed by atoms with E-state index in [1.807, 2.05) is 16.3 Å². The van der Waals surface area contributed by atoms with Crippen molar-refractivity contribution < 1.29 is 9.59 Å². The molecule has 2 aliphatic heterocycles. The molecule has 0 unspecified atom stereocenters. The fourth-order valence-electron chi connectivity index (χ4n) is 3.66. The van der Waals surface area contributed by atoms with Gasteiger partial charge in [-0.2, -0.15) is 0 Å². The Balaban J connectivity index is 1.72. The van der Waals surface area contributed by atoms with Crippen molar-refractivity contribution in [2.75, 3.05) is 38.6 Å². The molecule has 5 nitrogen and oxygen atoms in total. The SMILES string of the molecule is C[C@H]1CN(C(=O)CN2C(=O)CCCc3sccc32)C[C@H]1N(C)C. The van der Waals surface area contributed by atoms with E-state index < -0.39 is 0 Å². The molecule has 3 rings (SSSR count). The summed E-state index contributed by atoms with van der Waals surface area (Å²) in [5.74, 6) is 0.603. The summed E-state index contributed by atoms with van der Waals surface area (Å²) in [6.45, 7) is 3.90. The van der Waals surface area contributed by atoms with Gasteiger partial charge in [-0.15, -0.1) is 11.3 Å². The highest BCUT2D eigenvalue weighted by molar-refractivity contribution is 7.10. The van der Waals surface area contributed by atoms with Crippen LogP contribution in [0.2, 0.25) is 0 Å². The number of likely N-dealkylation sites (N-methyl/N-ethyl adjacent to an activating group) is 1. The topological polar surface area (TPSA) is 43.9 Å². The Hall–Kier alpha value is -1.40. The predicted octanol–water partition coefficient (Wildman–Crippen LogP) is 1.83. The minimum Gasteiger partial charge on any atom is -0.339 e. The van der Waals surface area contributed by atoms with Crippen LogP contribution >= 0.6 is 11.3 Å². The maximum Gasteiger partial charge on any atom is 0.242 e. The molecule has 0 saturated carbocycles. The number of likely N-dealkylation sites (tertiary alicyclic amines) is 1. The maximum absolute atomic E-state index is 12.7. The van der Waals surface area contributed by atoms with E-state index in [9.17, 15) is 9.59 Å². The zero-order valence-corrected chi connectivity index (χ0v) is 14.9. The molecule has 0 N–H and O–H groups in total. The molecule has 23 heavy (non-hydrogen) atoms. The molecule has 1 aromatic rings. The van der Waals surface area contributed by atoms with Crippen LogP contribution in [0.4, 0.5) is 5.69 Å². The predicted molar refractivity (Wildman–Crippen MR) is 92.8 cm³/mol. The Bertz CT molecular complexity index is 598. The lowest BCUT2D eigenvalue weighted by Gasteiger charge is -2.25. The van der Waals surface area contributed by atoms with Gasteiger partial charge in [-0.1, -0.05) is 6.92 Å². The molecular formula is C17H25N3O2S. The molecule has 1 aromatic heterocycles. The molecule has 0 aliphatic carbocycles. The van der Waals surface area contributed by atoms with Crippen molar-refractivity contribution in [1.29, 1.82) is 0 Å². The number of amides is 2. The molecule has 0 radical (unpaired) electrons. The summed E-state index contributed by atoms with van der Waals surface area (Å²) in [4.78, 5) is 32.2. The van der Waals surface area contributed by atoms with E-state index in [-0.39, 0.29) is 18.4 Å². The van der Waals surface area contributed by atoms with Gasteiger partial charge >= 0.3 is 0 Å². The van der Waals surface area contributed by atoms with Crippen molar-refractivity contribution in [1.82, 2.24) is 9.80 Å². The lowest BCUT2D eigenvalue weighted by atomic mass is 10.1. The standard InChI is InChI=1S/C17H25N3O2S/c1-12-9-19(10-14(12)18(2)3)17(22)11-20-13-7-8-23-15(13)5-4-6-16(20)21/h7-8,12,14H,4-6,9-11H2,1-3H3/t12-,14+/m0/s1. The largest absolute Gasteiger partial charge is 0.339 e. The van der Waals surface area contributed by atoms with Crippen LogP contribution in [0.3, 0.4) is 0 Å². The monoisotopic (exact) mass is 335 g/mol. The van der Waals surface area contributed by atoms with E-state index in [0.717, 1.165) is 31.6 Å². The smallest absolute Gasteiger partial charge is 0.242 e. The van der Waals surface area contributed by atoms with Crippen LogP contribution in [-0.2, 0) is 16.0 Å². The number of hydrogen-bond donors (Lipinski definition) is 0. The summed E-state index contributed by atoms with van der Waals surface area (Å²) in [5.41, 5.74) is 0.947. The first-order chi connectivity index (χ1) is 11.0. The molecule has 1 saturated heterocycles. The average molecular weight is 335 g/mol. The van der Waals surface area contributed by atoms with E-state index in [1.54, 1.807) is 16.2 Å². The zero-order chi connectivity index (χ0) is 16.6. The first-order valence-corrected chi connectivity index (χ1v) is 9.16. The number of anilines is 1. The minimum atomic E-state index is 0.0635.